The molecule has 2 aromatic carbocycles. The number of rotatable bonds is 3. The van der Waals surface area contributed by atoms with Crippen LogP contribution in [-0.2, 0) is 6.18 Å². The molecule has 1 heterocycles. The molecular formula is C17H10F3N3O3. The summed E-state index contributed by atoms with van der Waals surface area (Å²) in [6, 6.07) is 13.7. The Hall–Kier alpha value is -3.49. The van der Waals surface area contributed by atoms with Gasteiger partial charge in [-0.2, -0.15) is 18.2 Å². The van der Waals surface area contributed by atoms with E-state index in [1.165, 1.54) is 36.4 Å². The summed E-state index contributed by atoms with van der Waals surface area (Å²) in [6.07, 6.45) is -4.80. The third kappa shape index (κ3) is 3.61. The number of carbonyl (C=O) groups is 2. The van der Waals surface area contributed by atoms with Crippen LogP contribution in [-0.4, -0.2) is 22.0 Å². The van der Waals surface area contributed by atoms with Crippen LogP contribution < -0.4 is 5.32 Å². The van der Waals surface area contributed by atoms with Crippen molar-refractivity contribution >= 4 is 11.8 Å². The molecule has 6 nitrogen and oxygen atoms in total. The van der Waals surface area contributed by atoms with Crippen LogP contribution in [0.3, 0.4) is 0 Å². The molecule has 2 amide bonds. The first-order valence-electron chi connectivity index (χ1n) is 7.27. The largest absolute Gasteiger partial charge is 0.471 e. The number of benzene rings is 2. The Kier molecular flexibility index (Phi) is 4.53. The number of nitrogens with one attached hydrogen (secondary N) is 1. The molecule has 1 N–H and O–H groups in total. The highest BCUT2D eigenvalue weighted by molar-refractivity contribution is 6.12. The molecular weight excluding hydrogens is 351 g/mol. The van der Waals surface area contributed by atoms with Crippen LogP contribution in [0.15, 0.2) is 59.1 Å². The smallest absolute Gasteiger partial charge is 0.329 e. The Morgan fingerprint density at radius 1 is 0.923 bits per heavy atom. The molecule has 0 aliphatic carbocycles. The molecule has 0 bridgehead atoms. The zero-order valence-electron chi connectivity index (χ0n) is 12.9. The molecule has 1 aromatic heterocycles. The normalized spacial score (nSPS) is 11.2. The highest BCUT2D eigenvalue weighted by Gasteiger charge is 2.38. The lowest BCUT2D eigenvalue weighted by Crippen LogP contribution is -2.30. The minimum atomic E-state index is -4.80. The number of carbonyl (C=O) groups excluding carboxylic acids is 2. The van der Waals surface area contributed by atoms with Gasteiger partial charge < -0.3 is 4.52 Å². The van der Waals surface area contributed by atoms with Gasteiger partial charge in [-0.15, -0.1) is 0 Å². The molecule has 0 saturated carbocycles. The molecule has 0 aliphatic heterocycles. The van der Waals surface area contributed by atoms with Crippen molar-refractivity contribution in [2.24, 2.45) is 0 Å². The summed E-state index contributed by atoms with van der Waals surface area (Å²) in [5.74, 6) is -3.37. The Morgan fingerprint density at radius 2 is 1.58 bits per heavy atom. The number of imide groups is 1. The van der Waals surface area contributed by atoms with E-state index in [0.717, 1.165) is 0 Å². The molecule has 0 radical (unpaired) electrons. The van der Waals surface area contributed by atoms with Crippen molar-refractivity contribution in [3.63, 3.8) is 0 Å². The Bertz CT molecular complexity index is 952. The number of hydrogen-bond acceptors (Lipinski definition) is 5. The number of alkyl halides is 3. The van der Waals surface area contributed by atoms with Crippen molar-refractivity contribution < 1.29 is 27.3 Å². The Labute approximate surface area is 144 Å². The standard InChI is InChI=1S/C17H10F3N3O3/c18-17(19,20)16-21-13(23-26-16)11-8-4-5-9-12(11)15(25)22-14(24)10-6-2-1-3-7-10/h1-9H,(H,22,24,25). The molecule has 26 heavy (non-hydrogen) atoms. The van der Waals surface area contributed by atoms with Crippen LogP contribution in [0.2, 0.25) is 0 Å². The summed E-state index contributed by atoms with van der Waals surface area (Å²) >= 11 is 0. The summed E-state index contributed by atoms with van der Waals surface area (Å²) in [7, 11) is 0. The number of nitrogens with zero attached hydrogens (tertiary/aromatic N) is 2. The van der Waals surface area contributed by atoms with Gasteiger partial charge in [0.25, 0.3) is 11.8 Å². The molecule has 0 unspecified atom stereocenters. The highest BCUT2D eigenvalue weighted by Crippen LogP contribution is 2.30. The lowest BCUT2D eigenvalue weighted by molar-refractivity contribution is -0.159. The first-order valence-corrected chi connectivity index (χ1v) is 7.27. The van der Waals surface area contributed by atoms with Gasteiger partial charge in [-0.1, -0.05) is 41.6 Å². The van der Waals surface area contributed by atoms with Crippen molar-refractivity contribution in [3.8, 4) is 11.4 Å². The van der Waals surface area contributed by atoms with E-state index >= 15 is 0 Å². The maximum atomic E-state index is 12.6. The third-order valence-electron chi connectivity index (χ3n) is 3.34. The maximum absolute atomic E-state index is 12.6. The van der Waals surface area contributed by atoms with E-state index in [9.17, 15) is 22.8 Å². The van der Waals surface area contributed by atoms with Gasteiger partial charge in [0.15, 0.2) is 0 Å². The Morgan fingerprint density at radius 3 is 2.23 bits per heavy atom. The van der Waals surface area contributed by atoms with Crippen molar-refractivity contribution in [2.75, 3.05) is 0 Å². The second kappa shape index (κ2) is 6.79. The molecule has 0 atom stereocenters. The zero-order valence-corrected chi connectivity index (χ0v) is 12.9. The van der Waals surface area contributed by atoms with Crippen molar-refractivity contribution in [3.05, 3.63) is 71.6 Å². The average molecular weight is 361 g/mol. The zero-order chi connectivity index (χ0) is 18.7. The summed E-state index contributed by atoms with van der Waals surface area (Å²) < 4.78 is 42.0. The number of halogens is 3. The van der Waals surface area contributed by atoms with Crippen molar-refractivity contribution in [2.45, 2.75) is 6.18 Å². The quantitative estimate of drug-likeness (QED) is 0.724. The molecule has 9 heteroatoms. The van der Waals surface area contributed by atoms with Crippen molar-refractivity contribution in [1.29, 1.82) is 0 Å². The second-order valence-corrected chi connectivity index (χ2v) is 5.12. The van der Waals surface area contributed by atoms with Gasteiger partial charge >= 0.3 is 12.1 Å². The van der Waals surface area contributed by atoms with E-state index in [4.69, 9.17) is 0 Å². The maximum Gasteiger partial charge on any atom is 0.471 e. The number of amides is 2. The van der Waals surface area contributed by atoms with Gasteiger partial charge in [-0.25, -0.2) is 0 Å². The topological polar surface area (TPSA) is 85.1 Å². The van der Waals surface area contributed by atoms with Gasteiger partial charge in [0.05, 0.1) is 5.56 Å². The monoisotopic (exact) mass is 361 g/mol. The van der Waals surface area contributed by atoms with E-state index in [1.807, 2.05) is 0 Å². The molecule has 0 fully saturated rings. The summed E-state index contributed by atoms with van der Waals surface area (Å²) in [5.41, 5.74) is 0.202. The fourth-order valence-corrected chi connectivity index (χ4v) is 2.16. The van der Waals surface area contributed by atoms with E-state index < -0.39 is 29.7 Å². The molecule has 3 rings (SSSR count). The van der Waals surface area contributed by atoms with E-state index in [-0.39, 0.29) is 16.7 Å². The summed E-state index contributed by atoms with van der Waals surface area (Å²) in [4.78, 5) is 27.7. The highest BCUT2D eigenvalue weighted by atomic mass is 19.4. The van der Waals surface area contributed by atoms with E-state index in [0.29, 0.717) is 0 Å². The van der Waals surface area contributed by atoms with Crippen LogP contribution in [0.4, 0.5) is 13.2 Å². The van der Waals surface area contributed by atoms with Crippen LogP contribution in [0.25, 0.3) is 11.4 Å². The summed E-state index contributed by atoms with van der Waals surface area (Å²) in [6.45, 7) is 0. The number of aromatic nitrogens is 2. The minimum absolute atomic E-state index is 0.00473. The van der Waals surface area contributed by atoms with Gasteiger partial charge in [0, 0.05) is 11.1 Å². The molecule has 0 spiro atoms. The van der Waals surface area contributed by atoms with Crippen molar-refractivity contribution in [1.82, 2.24) is 15.5 Å². The first kappa shape index (κ1) is 17.3. The van der Waals surface area contributed by atoms with Gasteiger partial charge in [0.1, 0.15) is 0 Å². The predicted octanol–water partition coefficient (Wildman–Crippen LogP) is 3.33. The molecule has 3 aromatic rings. The summed E-state index contributed by atoms with van der Waals surface area (Å²) in [5, 5.41) is 5.44. The fourth-order valence-electron chi connectivity index (χ4n) is 2.16. The fraction of sp³-hybridized carbons (Fsp3) is 0.0588. The second-order valence-electron chi connectivity index (χ2n) is 5.12. The third-order valence-corrected chi connectivity index (χ3v) is 3.34. The van der Waals surface area contributed by atoms with Gasteiger partial charge in [0.2, 0.25) is 5.82 Å². The van der Waals surface area contributed by atoms with Crippen LogP contribution in [0.5, 0.6) is 0 Å². The van der Waals surface area contributed by atoms with E-state index in [2.05, 4.69) is 20.0 Å². The van der Waals surface area contributed by atoms with E-state index in [1.54, 1.807) is 18.2 Å². The Balaban J connectivity index is 1.88. The minimum Gasteiger partial charge on any atom is -0.329 e. The van der Waals surface area contributed by atoms with Gasteiger partial charge in [-0.05, 0) is 18.2 Å². The molecule has 0 saturated heterocycles. The average Bonchev–Trinajstić information content (AvgIpc) is 3.13. The van der Waals surface area contributed by atoms with Gasteiger partial charge in [-0.3, -0.25) is 14.9 Å². The molecule has 132 valence electrons. The lowest BCUT2D eigenvalue weighted by Gasteiger charge is -2.07. The SMILES string of the molecule is O=C(NC(=O)c1ccccc1-c1noc(C(F)(F)F)n1)c1ccccc1. The lowest BCUT2D eigenvalue weighted by atomic mass is 10.1. The molecule has 0 aliphatic rings. The first-order chi connectivity index (χ1) is 12.4. The van der Waals surface area contributed by atoms with Crippen LogP contribution in [0.1, 0.15) is 26.6 Å². The van der Waals surface area contributed by atoms with Crippen LogP contribution in [0, 0.1) is 0 Å². The number of hydrogen-bond donors (Lipinski definition) is 1. The predicted molar refractivity (Wildman–Crippen MR) is 83.0 cm³/mol. The van der Waals surface area contributed by atoms with Crippen LogP contribution >= 0.6 is 0 Å².